The van der Waals surface area contributed by atoms with Crippen molar-refractivity contribution in [3.05, 3.63) is 15.6 Å². The minimum atomic E-state index is 0.00717. The molecule has 0 aliphatic heterocycles. The van der Waals surface area contributed by atoms with Gasteiger partial charge in [-0.25, -0.2) is 4.98 Å². The normalized spacial score (nSPS) is 10.8. The van der Waals surface area contributed by atoms with E-state index in [1.165, 1.54) is 11.3 Å². The monoisotopic (exact) mass is 240 g/mol. The predicted octanol–water partition coefficient (Wildman–Crippen LogP) is 2.93. The topological polar surface area (TPSA) is 42.0 Å². The van der Waals surface area contributed by atoms with Gasteiger partial charge in [-0.1, -0.05) is 13.3 Å². The molecule has 0 atom stereocenters. The van der Waals surface area contributed by atoms with Crippen LogP contribution in [-0.4, -0.2) is 16.9 Å². The summed E-state index contributed by atoms with van der Waals surface area (Å²) in [7, 11) is 0. The molecule has 4 heteroatoms. The van der Waals surface area contributed by atoms with E-state index in [9.17, 15) is 4.79 Å². The van der Waals surface area contributed by atoms with Crippen LogP contribution in [0.4, 0.5) is 0 Å². The van der Waals surface area contributed by atoms with Gasteiger partial charge in [0.15, 0.2) is 0 Å². The molecule has 0 radical (unpaired) electrons. The minimum Gasteiger partial charge on any atom is -0.349 e. The number of hydrogen-bond acceptors (Lipinski definition) is 3. The molecular weight excluding hydrogens is 220 g/mol. The van der Waals surface area contributed by atoms with Gasteiger partial charge in [-0.15, -0.1) is 11.3 Å². The lowest BCUT2D eigenvalue weighted by Gasteiger charge is -2.06. The Labute approximate surface area is 101 Å². The van der Waals surface area contributed by atoms with Gasteiger partial charge in [-0.3, -0.25) is 4.79 Å². The Kier molecular flexibility index (Phi) is 4.93. The van der Waals surface area contributed by atoms with Crippen molar-refractivity contribution < 1.29 is 4.79 Å². The molecule has 0 aromatic carbocycles. The van der Waals surface area contributed by atoms with Crippen molar-refractivity contribution in [2.24, 2.45) is 0 Å². The number of carbonyl (C=O) groups is 1. The fraction of sp³-hybridized carbons (Fsp3) is 0.667. The van der Waals surface area contributed by atoms with E-state index in [4.69, 9.17) is 0 Å². The van der Waals surface area contributed by atoms with E-state index in [0.29, 0.717) is 0 Å². The molecular formula is C12H20N2OS. The fourth-order valence-corrected chi connectivity index (χ4v) is 2.44. The maximum Gasteiger partial charge on any atom is 0.263 e. The third-order valence-corrected chi connectivity index (χ3v) is 3.43. The Bertz CT molecular complexity index is 358. The average Bonchev–Trinajstić information content (AvgIpc) is 2.55. The third-order valence-electron chi connectivity index (χ3n) is 2.21. The smallest absolute Gasteiger partial charge is 0.263 e. The van der Waals surface area contributed by atoms with Crippen LogP contribution in [0.1, 0.15) is 54.0 Å². The molecule has 0 unspecified atom stereocenters. The van der Waals surface area contributed by atoms with E-state index in [-0.39, 0.29) is 11.9 Å². The molecule has 16 heavy (non-hydrogen) atoms. The van der Waals surface area contributed by atoms with Crippen molar-refractivity contribution in [2.45, 2.75) is 53.0 Å². The van der Waals surface area contributed by atoms with Gasteiger partial charge in [0.05, 0.1) is 10.7 Å². The molecule has 1 aromatic heterocycles. The number of thiazole rings is 1. The molecule has 0 saturated carbocycles. The number of nitrogens with one attached hydrogen (secondary N) is 1. The maximum absolute atomic E-state index is 11.8. The van der Waals surface area contributed by atoms with Gasteiger partial charge in [0.1, 0.15) is 4.88 Å². The molecule has 0 saturated heterocycles. The second-order valence-electron chi connectivity index (χ2n) is 4.25. The SMILES string of the molecule is CCCCc1nc(C)c(C(=O)NC(C)C)s1. The Morgan fingerprint density at radius 1 is 1.50 bits per heavy atom. The molecule has 0 fully saturated rings. The van der Waals surface area contributed by atoms with Gasteiger partial charge in [0.2, 0.25) is 0 Å². The zero-order valence-electron chi connectivity index (χ0n) is 10.5. The van der Waals surface area contributed by atoms with Crippen molar-refractivity contribution >= 4 is 17.2 Å². The van der Waals surface area contributed by atoms with Gasteiger partial charge in [-0.05, 0) is 33.6 Å². The minimum absolute atomic E-state index is 0.00717. The molecule has 0 bridgehead atoms. The zero-order chi connectivity index (χ0) is 12.1. The highest BCUT2D eigenvalue weighted by Gasteiger charge is 2.15. The second-order valence-corrected chi connectivity index (χ2v) is 5.34. The van der Waals surface area contributed by atoms with Crippen LogP contribution in [0, 0.1) is 6.92 Å². The first kappa shape index (κ1) is 13.2. The van der Waals surface area contributed by atoms with Crippen LogP contribution in [0.5, 0.6) is 0 Å². The first-order valence-corrected chi connectivity index (χ1v) is 6.63. The maximum atomic E-state index is 11.8. The summed E-state index contributed by atoms with van der Waals surface area (Å²) in [6.45, 7) is 7.99. The second kappa shape index (κ2) is 5.99. The fourth-order valence-electron chi connectivity index (χ4n) is 1.43. The zero-order valence-corrected chi connectivity index (χ0v) is 11.3. The summed E-state index contributed by atoms with van der Waals surface area (Å²) in [5, 5.41) is 3.98. The molecule has 0 aliphatic rings. The molecule has 3 nitrogen and oxygen atoms in total. The number of amides is 1. The van der Waals surface area contributed by atoms with Crippen molar-refractivity contribution in [1.82, 2.24) is 10.3 Å². The summed E-state index contributed by atoms with van der Waals surface area (Å²) in [4.78, 5) is 17.0. The molecule has 1 heterocycles. The number of aromatic nitrogens is 1. The van der Waals surface area contributed by atoms with Gasteiger partial charge in [0, 0.05) is 6.04 Å². The summed E-state index contributed by atoms with van der Waals surface area (Å²) in [5.74, 6) is 0.00717. The van der Waals surface area contributed by atoms with E-state index < -0.39 is 0 Å². The largest absolute Gasteiger partial charge is 0.349 e. The number of hydrogen-bond donors (Lipinski definition) is 1. The van der Waals surface area contributed by atoms with Crippen molar-refractivity contribution in [1.29, 1.82) is 0 Å². The molecule has 1 amide bonds. The van der Waals surface area contributed by atoms with Gasteiger partial charge in [-0.2, -0.15) is 0 Å². The highest BCUT2D eigenvalue weighted by Crippen LogP contribution is 2.19. The number of nitrogens with zero attached hydrogens (tertiary/aromatic N) is 1. The van der Waals surface area contributed by atoms with E-state index in [1.807, 2.05) is 20.8 Å². The Balaban J connectivity index is 2.72. The van der Waals surface area contributed by atoms with Crippen molar-refractivity contribution in [3.8, 4) is 0 Å². The highest BCUT2D eigenvalue weighted by atomic mass is 32.1. The summed E-state index contributed by atoms with van der Waals surface area (Å²) < 4.78 is 0. The lowest BCUT2D eigenvalue weighted by Crippen LogP contribution is -2.29. The van der Waals surface area contributed by atoms with Crippen LogP contribution in [0.3, 0.4) is 0 Å². The summed E-state index contributed by atoms with van der Waals surface area (Å²) in [6.07, 6.45) is 3.28. The molecule has 90 valence electrons. The van der Waals surface area contributed by atoms with Crippen LogP contribution in [0.15, 0.2) is 0 Å². The molecule has 1 N–H and O–H groups in total. The number of unbranched alkanes of at least 4 members (excludes halogenated alkanes) is 1. The Hall–Kier alpha value is -0.900. The lowest BCUT2D eigenvalue weighted by molar-refractivity contribution is 0.0946. The summed E-state index contributed by atoms with van der Waals surface area (Å²) >= 11 is 1.53. The van der Waals surface area contributed by atoms with Crippen LogP contribution >= 0.6 is 11.3 Å². The average molecular weight is 240 g/mol. The van der Waals surface area contributed by atoms with Gasteiger partial charge in [0.25, 0.3) is 5.91 Å². The first-order valence-electron chi connectivity index (χ1n) is 5.81. The molecule has 0 spiro atoms. The van der Waals surface area contributed by atoms with Crippen molar-refractivity contribution in [3.63, 3.8) is 0 Å². The highest BCUT2D eigenvalue weighted by molar-refractivity contribution is 7.13. The summed E-state index contributed by atoms with van der Waals surface area (Å²) in [6, 6.07) is 0.174. The number of aryl methyl sites for hydroxylation is 2. The lowest BCUT2D eigenvalue weighted by atomic mass is 10.3. The van der Waals surface area contributed by atoms with E-state index in [0.717, 1.165) is 34.8 Å². The van der Waals surface area contributed by atoms with Crippen LogP contribution < -0.4 is 5.32 Å². The van der Waals surface area contributed by atoms with Gasteiger partial charge >= 0.3 is 0 Å². The van der Waals surface area contributed by atoms with E-state index in [1.54, 1.807) is 0 Å². The standard InChI is InChI=1S/C12H20N2OS/c1-5-6-7-10-14-9(4)11(16-10)12(15)13-8(2)3/h8H,5-7H2,1-4H3,(H,13,15). The molecule has 1 aromatic rings. The number of carbonyl (C=O) groups excluding carboxylic acids is 1. The predicted molar refractivity (Wildman–Crippen MR) is 68.1 cm³/mol. The van der Waals surface area contributed by atoms with Crippen LogP contribution in [0.25, 0.3) is 0 Å². The van der Waals surface area contributed by atoms with E-state index >= 15 is 0 Å². The summed E-state index contributed by atoms with van der Waals surface area (Å²) in [5.41, 5.74) is 0.856. The molecule has 0 aliphatic carbocycles. The Morgan fingerprint density at radius 3 is 2.75 bits per heavy atom. The van der Waals surface area contributed by atoms with Crippen molar-refractivity contribution in [2.75, 3.05) is 0 Å². The third kappa shape index (κ3) is 3.59. The van der Waals surface area contributed by atoms with Crippen LogP contribution in [-0.2, 0) is 6.42 Å². The molecule has 1 rings (SSSR count). The van der Waals surface area contributed by atoms with Gasteiger partial charge < -0.3 is 5.32 Å². The number of rotatable bonds is 5. The Morgan fingerprint density at radius 2 is 2.19 bits per heavy atom. The quantitative estimate of drug-likeness (QED) is 0.859. The van der Waals surface area contributed by atoms with Crippen LogP contribution in [0.2, 0.25) is 0 Å². The van der Waals surface area contributed by atoms with E-state index in [2.05, 4.69) is 17.2 Å². The first-order chi connectivity index (χ1) is 7.54.